The van der Waals surface area contributed by atoms with Crippen molar-refractivity contribution >= 4 is 11.7 Å². The van der Waals surface area contributed by atoms with Crippen LogP contribution >= 0.6 is 0 Å². The minimum atomic E-state index is -1.04. The third kappa shape index (κ3) is 4.17. The van der Waals surface area contributed by atoms with Crippen molar-refractivity contribution in [1.82, 2.24) is 9.97 Å². The predicted octanol–water partition coefficient (Wildman–Crippen LogP) is 2.57. The summed E-state index contributed by atoms with van der Waals surface area (Å²) in [5.41, 5.74) is 1.40. The number of rotatable bonds is 6. The van der Waals surface area contributed by atoms with Gasteiger partial charge in [0.15, 0.2) is 0 Å². The maximum absolute atomic E-state index is 10.9. The molecule has 0 amide bonds. The molecule has 6 nitrogen and oxygen atoms in total. The van der Waals surface area contributed by atoms with Crippen LogP contribution in [0.3, 0.4) is 0 Å². The predicted molar refractivity (Wildman–Crippen MR) is 78.5 cm³/mol. The van der Waals surface area contributed by atoms with E-state index < -0.39 is 5.97 Å². The first kappa shape index (κ1) is 14.8. The van der Waals surface area contributed by atoms with E-state index in [1.54, 1.807) is 24.4 Å². The van der Waals surface area contributed by atoms with E-state index in [-0.39, 0.29) is 11.8 Å². The number of carboxylic acids is 1. The highest BCUT2D eigenvalue weighted by molar-refractivity contribution is 5.85. The van der Waals surface area contributed by atoms with Crippen LogP contribution < -0.4 is 10.1 Å². The summed E-state index contributed by atoms with van der Waals surface area (Å²) >= 11 is 0. The van der Waals surface area contributed by atoms with Crippen LogP contribution in [0.1, 0.15) is 30.0 Å². The van der Waals surface area contributed by atoms with Gasteiger partial charge in [0.25, 0.3) is 0 Å². The number of carboxylic acid groups (broad SMARTS) is 1. The zero-order chi connectivity index (χ0) is 15.2. The normalized spacial score (nSPS) is 10.4. The molecule has 110 valence electrons. The van der Waals surface area contributed by atoms with E-state index in [0.29, 0.717) is 18.1 Å². The van der Waals surface area contributed by atoms with Gasteiger partial charge in [-0.05, 0) is 38.1 Å². The Balaban J connectivity index is 2.09. The van der Waals surface area contributed by atoms with Crippen molar-refractivity contribution in [2.24, 2.45) is 0 Å². The van der Waals surface area contributed by atoms with E-state index in [0.717, 1.165) is 5.69 Å². The molecule has 0 aliphatic rings. The molecule has 2 N–H and O–H groups in total. The molecule has 0 unspecified atom stereocenters. The fourth-order valence-electron chi connectivity index (χ4n) is 1.73. The van der Waals surface area contributed by atoms with Gasteiger partial charge in [0, 0.05) is 6.20 Å². The van der Waals surface area contributed by atoms with Gasteiger partial charge in [0.2, 0.25) is 5.88 Å². The minimum Gasteiger partial charge on any atom is -0.477 e. The Hall–Kier alpha value is -2.63. The molecule has 0 saturated carbocycles. The van der Waals surface area contributed by atoms with E-state index in [4.69, 9.17) is 9.84 Å². The van der Waals surface area contributed by atoms with Crippen LogP contribution in [-0.2, 0) is 6.54 Å². The molecule has 0 radical (unpaired) electrons. The summed E-state index contributed by atoms with van der Waals surface area (Å²) in [4.78, 5) is 19.1. The Kier molecular flexibility index (Phi) is 4.71. The largest absolute Gasteiger partial charge is 0.477 e. The molecular weight excluding hydrogens is 270 g/mol. The highest BCUT2D eigenvalue weighted by Crippen LogP contribution is 2.22. The molecule has 0 atom stereocenters. The zero-order valence-corrected chi connectivity index (χ0v) is 11.9. The molecule has 0 aliphatic heterocycles. The lowest BCUT2D eigenvalue weighted by atomic mass is 10.3. The Morgan fingerprint density at radius 3 is 2.86 bits per heavy atom. The van der Waals surface area contributed by atoms with Gasteiger partial charge in [0.1, 0.15) is 5.69 Å². The molecule has 0 aromatic carbocycles. The summed E-state index contributed by atoms with van der Waals surface area (Å²) in [7, 11) is 0. The standard InChI is InChI=1S/C15H17N3O3/c1-10(2)21-14-12(7-4-8-16-14)17-9-11-5-3-6-13(18-11)15(19)20/h3-8,10,17H,9H2,1-2H3,(H,19,20). The summed E-state index contributed by atoms with van der Waals surface area (Å²) in [5, 5.41) is 12.1. The van der Waals surface area contributed by atoms with Crippen LogP contribution in [0, 0.1) is 0 Å². The molecule has 0 fully saturated rings. The summed E-state index contributed by atoms with van der Waals surface area (Å²) < 4.78 is 5.61. The van der Waals surface area contributed by atoms with Crippen molar-refractivity contribution in [2.75, 3.05) is 5.32 Å². The van der Waals surface area contributed by atoms with Gasteiger partial charge in [-0.15, -0.1) is 0 Å². The molecule has 2 aromatic rings. The second-order valence-electron chi connectivity index (χ2n) is 4.70. The van der Waals surface area contributed by atoms with Crippen LogP contribution in [0.2, 0.25) is 0 Å². The molecule has 2 heterocycles. The zero-order valence-electron chi connectivity index (χ0n) is 11.9. The average molecular weight is 287 g/mol. The first-order valence-corrected chi connectivity index (χ1v) is 6.61. The van der Waals surface area contributed by atoms with Crippen LogP contribution in [0.25, 0.3) is 0 Å². The molecule has 21 heavy (non-hydrogen) atoms. The van der Waals surface area contributed by atoms with Crippen molar-refractivity contribution in [3.63, 3.8) is 0 Å². The van der Waals surface area contributed by atoms with Crippen LogP contribution in [0.4, 0.5) is 5.69 Å². The van der Waals surface area contributed by atoms with Gasteiger partial charge < -0.3 is 15.2 Å². The number of pyridine rings is 2. The van der Waals surface area contributed by atoms with Crippen molar-refractivity contribution in [3.05, 3.63) is 47.9 Å². The number of nitrogens with one attached hydrogen (secondary N) is 1. The number of hydrogen-bond acceptors (Lipinski definition) is 5. The van der Waals surface area contributed by atoms with Crippen LogP contribution in [0.15, 0.2) is 36.5 Å². The second kappa shape index (κ2) is 6.69. The third-order valence-corrected chi connectivity index (χ3v) is 2.60. The summed E-state index contributed by atoms with van der Waals surface area (Å²) in [6.07, 6.45) is 1.68. The highest BCUT2D eigenvalue weighted by Gasteiger charge is 2.08. The monoisotopic (exact) mass is 287 g/mol. The average Bonchev–Trinajstić information content (AvgIpc) is 2.46. The number of aromatic carboxylic acids is 1. The minimum absolute atomic E-state index is 0.0221. The maximum Gasteiger partial charge on any atom is 0.354 e. The number of nitrogens with zero attached hydrogens (tertiary/aromatic N) is 2. The van der Waals surface area contributed by atoms with Gasteiger partial charge in [-0.1, -0.05) is 6.07 Å². The summed E-state index contributed by atoms with van der Waals surface area (Å²) in [5.74, 6) is -0.524. The van der Waals surface area contributed by atoms with Crippen molar-refractivity contribution in [1.29, 1.82) is 0 Å². The van der Waals surface area contributed by atoms with Crippen LogP contribution in [-0.4, -0.2) is 27.1 Å². The van der Waals surface area contributed by atoms with Crippen molar-refractivity contribution < 1.29 is 14.6 Å². The first-order chi connectivity index (χ1) is 10.1. The van der Waals surface area contributed by atoms with Crippen LogP contribution in [0.5, 0.6) is 5.88 Å². The lowest BCUT2D eigenvalue weighted by Gasteiger charge is -2.14. The molecule has 2 aromatic heterocycles. The first-order valence-electron chi connectivity index (χ1n) is 6.61. The highest BCUT2D eigenvalue weighted by atomic mass is 16.5. The Morgan fingerprint density at radius 1 is 1.33 bits per heavy atom. The molecule has 0 saturated heterocycles. The van der Waals surface area contributed by atoms with Gasteiger partial charge in [-0.25, -0.2) is 14.8 Å². The quantitative estimate of drug-likeness (QED) is 0.849. The maximum atomic E-state index is 10.9. The number of hydrogen-bond donors (Lipinski definition) is 2. The number of carbonyl (C=O) groups is 1. The lowest BCUT2D eigenvalue weighted by Crippen LogP contribution is -2.11. The Labute approximate surface area is 122 Å². The Bertz CT molecular complexity index is 629. The Morgan fingerprint density at radius 2 is 2.14 bits per heavy atom. The number of anilines is 1. The second-order valence-corrected chi connectivity index (χ2v) is 4.70. The van der Waals surface area contributed by atoms with E-state index >= 15 is 0 Å². The topological polar surface area (TPSA) is 84.3 Å². The molecule has 6 heteroatoms. The molecule has 0 bridgehead atoms. The fraction of sp³-hybridized carbons (Fsp3) is 0.267. The van der Waals surface area contributed by atoms with E-state index in [2.05, 4.69) is 15.3 Å². The molecular formula is C15H17N3O3. The smallest absolute Gasteiger partial charge is 0.354 e. The van der Waals surface area contributed by atoms with E-state index in [1.807, 2.05) is 19.9 Å². The molecule has 0 spiro atoms. The van der Waals surface area contributed by atoms with E-state index in [1.165, 1.54) is 6.07 Å². The number of aromatic nitrogens is 2. The number of ether oxygens (including phenoxy) is 1. The van der Waals surface area contributed by atoms with Gasteiger partial charge in [-0.2, -0.15) is 0 Å². The SMILES string of the molecule is CC(C)Oc1ncccc1NCc1cccc(C(=O)O)n1. The molecule has 0 aliphatic carbocycles. The van der Waals surface area contributed by atoms with Crippen molar-refractivity contribution in [2.45, 2.75) is 26.5 Å². The third-order valence-electron chi connectivity index (χ3n) is 2.60. The van der Waals surface area contributed by atoms with Gasteiger partial charge >= 0.3 is 5.97 Å². The van der Waals surface area contributed by atoms with Gasteiger partial charge in [-0.3, -0.25) is 0 Å². The summed E-state index contributed by atoms with van der Waals surface area (Å²) in [6.45, 7) is 4.24. The van der Waals surface area contributed by atoms with E-state index in [9.17, 15) is 4.79 Å². The van der Waals surface area contributed by atoms with Gasteiger partial charge in [0.05, 0.1) is 24.0 Å². The molecule has 2 rings (SSSR count). The van der Waals surface area contributed by atoms with Crippen molar-refractivity contribution in [3.8, 4) is 5.88 Å². The summed E-state index contributed by atoms with van der Waals surface area (Å²) in [6, 6.07) is 8.55. The fourth-order valence-corrected chi connectivity index (χ4v) is 1.73. The lowest BCUT2D eigenvalue weighted by molar-refractivity contribution is 0.0690.